The number of hydrogen-bond donors (Lipinski definition) is 2. The molecule has 0 amide bonds. The Morgan fingerprint density at radius 3 is 2.32 bits per heavy atom. The number of aliphatic hydroxyl groups excluding tert-OH is 2. The number of carbonyl (C=O) groups excluding carboxylic acids is 1. The lowest BCUT2D eigenvalue weighted by molar-refractivity contribution is -0.254. The number of hydrogen-bond acceptors (Lipinski definition) is 4. The molecule has 0 bridgehead atoms. The molecule has 6 rings (SSSR count). The van der Waals surface area contributed by atoms with Crippen molar-refractivity contribution in [2.75, 3.05) is 6.61 Å². The topological polar surface area (TPSA) is 66.8 Å². The molecule has 3 unspecified atom stereocenters. The van der Waals surface area contributed by atoms with E-state index in [0.29, 0.717) is 36.2 Å². The van der Waals surface area contributed by atoms with Crippen molar-refractivity contribution >= 4 is 5.97 Å². The molecule has 0 spiro atoms. The number of carbonyl (C=O) groups is 1. The van der Waals surface area contributed by atoms with Crippen molar-refractivity contribution in [2.24, 2.45) is 56.7 Å². The summed E-state index contributed by atoms with van der Waals surface area (Å²) in [6.45, 7) is 16.9. The van der Waals surface area contributed by atoms with Crippen LogP contribution >= 0.6 is 0 Å². The SMILES string of the molecule is C=C(C)C1CC[C@]2(C(=O)OCc3ccccc3)CC[C@]3(C)C(CC[C@@H]4[C@@]5(C)CC[C@H](O)[C@@](C)(CO)[C@@H]5CC[C@]43C)C12. The molecule has 11 atom stereocenters. The molecular formula is C37H54O4. The normalized spacial score (nSPS) is 48.8. The summed E-state index contributed by atoms with van der Waals surface area (Å²) in [5.74, 6) is 2.08. The van der Waals surface area contributed by atoms with E-state index >= 15 is 0 Å². The average Bonchev–Trinajstić information content (AvgIpc) is 3.36. The molecule has 1 aromatic rings. The summed E-state index contributed by atoms with van der Waals surface area (Å²) in [4.78, 5) is 14.2. The first kappa shape index (κ1) is 29.4. The lowest BCUT2D eigenvalue weighted by Crippen LogP contribution is -2.67. The van der Waals surface area contributed by atoms with Crippen LogP contribution in [0.3, 0.4) is 0 Å². The summed E-state index contributed by atoms with van der Waals surface area (Å²) in [5.41, 5.74) is 1.88. The van der Waals surface area contributed by atoms with Gasteiger partial charge in [0.1, 0.15) is 6.61 Å². The smallest absolute Gasteiger partial charge is 0.312 e. The highest BCUT2D eigenvalue weighted by Crippen LogP contribution is 2.77. The first-order chi connectivity index (χ1) is 19.4. The highest BCUT2D eigenvalue weighted by molar-refractivity contribution is 5.78. The number of esters is 1. The predicted molar refractivity (Wildman–Crippen MR) is 163 cm³/mol. The van der Waals surface area contributed by atoms with Crippen molar-refractivity contribution < 1.29 is 19.7 Å². The molecular weight excluding hydrogens is 508 g/mol. The van der Waals surface area contributed by atoms with Crippen molar-refractivity contribution in [2.45, 2.75) is 112 Å². The zero-order chi connectivity index (χ0) is 29.4. The van der Waals surface area contributed by atoms with Crippen molar-refractivity contribution in [1.82, 2.24) is 0 Å². The Bertz CT molecular complexity index is 1180. The van der Waals surface area contributed by atoms with Crippen LogP contribution < -0.4 is 0 Å². The van der Waals surface area contributed by atoms with E-state index in [9.17, 15) is 15.0 Å². The van der Waals surface area contributed by atoms with Gasteiger partial charge in [-0.1, -0.05) is 70.2 Å². The monoisotopic (exact) mass is 562 g/mol. The van der Waals surface area contributed by atoms with Crippen molar-refractivity contribution in [1.29, 1.82) is 0 Å². The van der Waals surface area contributed by atoms with Gasteiger partial charge in [0, 0.05) is 5.41 Å². The Morgan fingerprint density at radius 2 is 1.63 bits per heavy atom. The van der Waals surface area contributed by atoms with Gasteiger partial charge in [0.2, 0.25) is 0 Å². The predicted octanol–water partition coefficient (Wildman–Crippen LogP) is 7.72. The second-order valence-electron chi connectivity index (χ2n) is 16.1. The zero-order valence-electron chi connectivity index (χ0n) is 26.3. The highest BCUT2D eigenvalue weighted by Gasteiger charge is 2.72. The molecule has 0 saturated heterocycles. The van der Waals surface area contributed by atoms with E-state index < -0.39 is 16.9 Å². The molecule has 0 aromatic heterocycles. The van der Waals surface area contributed by atoms with Gasteiger partial charge in [0.25, 0.3) is 0 Å². The summed E-state index contributed by atoms with van der Waals surface area (Å²) in [6.07, 6.45) is 9.90. The van der Waals surface area contributed by atoms with Crippen molar-refractivity contribution in [3.8, 4) is 0 Å². The Balaban J connectivity index is 1.34. The molecule has 0 heterocycles. The maximum atomic E-state index is 14.2. The maximum absolute atomic E-state index is 14.2. The van der Waals surface area contributed by atoms with Gasteiger partial charge in [-0.2, -0.15) is 0 Å². The minimum atomic E-state index is -0.424. The summed E-state index contributed by atoms with van der Waals surface area (Å²) in [6, 6.07) is 10.1. The van der Waals surface area contributed by atoms with Crippen LogP contribution in [-0.2, 0) is 16.1 Å². The first-order valence-electron chi connectivity index (χ1n) is 16.5. The number of benzene rings is 1. The summed E-state index contributed by atoms with van der Waals surface area (Å²) < 4.78 is 6.16. The molecule has 0 aliphatic heterocycles. The standard InChI is InChI=1S/C37H54O4/c1-24(2)26-14-19-37(32(40)41-22-25-10-8-7-9-11-25)21-20-35(5)27(31(26)37)12-13-29-33(3)17-16-30(39)34(4,23-38)28(33)15-18-36(29,35)6/h7-11,26-31,38-39H,1,12-23H2,2-6H3/t26?,27?,28-,29-,30+,31?,33+,34+,35-,36-,37+/m1/s1. The fourth-order valence-electron chi connectivity index (χ4n) is 12.4. The fourth-order valence-corrected chi connectivity index (χ4v) is 12.4. The van der Waals surface area contributed by atoms with E-state index in [1.165, 1.54) is 12.0 Å². The van der Waals surface area contributed by atoms with E-state index in [4.69, 9.17) is 4.74 Å². The van der Waals surface area contributed by atoms with Gasteiger partial charge in [-0.15, -0.1) is 0 Å². The summed E-state index contributed by atoms with van der Waals surface area (Å²) in [7, 11) is 0. The molecule has 226 valence electrons. The molecule has 4 heteroatoms. The fraction of sp³-hybridized carbons (Fsp3) is 0.757. The minimum Gasteiger partial charge on any atom is -0.460 e. The van der Waals surface area contributed by atoms with Gasteiger partial charge in [0.05, 0.1) is 18.1 Å². The molecule has 0 radical (unpaired) electrons. The number of allylic oxidation sites excluding steroid dienone is 1. The molecule has 5 saturated carbocycles. The van der Waals surface area contributed by atoms with Crippen LogP contribution in [0.2, 0.25) is 0 Å². The van der Waals surface area contributed by atoms with Gasteiger partial charge in [-0.3, -0.25) is 4.79 Å². The van der Waals surface area contributed by atoms with Crippen LogP contribution in [0.5, 0.6) is 0 Å². The van der Waals surface area contributed by atoms with Crippen LogP contribution in [0.25, 0.3) is 0 Å². The number of fused-ring (bicyclic) bond motifs is 7. The third kappa shape index (κ3) is 3.94. The van der Waals surface area contributed by atoms with Gasteiger partial charge in [-0.25, -0.2) is 0 Å². The quantitative estimate of drug-likeness (QED) is 0.285. The first-order valence-corrected chi connectivity index (χ1v) is 16.5. The minimum absolute atomic E-state index is 0.0279. The van der Waals surface area contributed by atoms with E-state index in [1.54, 1.807) is 0 Å². The third-order valence-corrected chi connectivity index (χ3v) is 14.8. The largest absolute Gasteiger partial charge is 0.460 e. The number of aliphatic hydroxyl groups is 2. The van der Waals surface area contributed by atoms with Crippen LogP contribution in [0, 0.1) is 56.7 Å². The van der Waals surface area contributed by atoms with E-state index in [-0.39, 0.29) is 28.8 Å². The zero-order valence-corrected chi connectivity index (χ0v) is 26.3. The maximum Gasteiger partial charge on any atom is 0.312 e. The Morgan fingerprint density at radius 1 is 0.902 bits per heavy atom. The van der Waals surface area contributed by atoms with Crippen molar-refractivity contribution in [3.63, 3.8) is 0 Å². The molecule has 2 N–H and O–H groups in total. The third-order valence-electron chi connectivity index (χ3n) is 14.8. The van der Waals surface area contributed by atoms with E-state index in [0.717, 1.165) is 63.4 Å². The Kier molecular flexibility index (Phi) is 7.14. The van der Waals surface area contributed by atoms with Crippen LogP contribution in [0.15, 0.2) is 42.5 Å². The average molecular weight is 563 g/mol. The number of ether oxygens (including phenoxy) is 1. The highest BCUT2D eigenvalue weighted by atomic mass is 16.5. The lowest BCUT2D eigenvalue weighted by Gasteiger charge is -2.72. The lowest BCUT2D eigenvalue weighted by atomic mass is 9.32. The molecule has 5 aliphatic carbocycles. The van der Waals surface area contributed by atoms with Gasteiger partial charge in [0.15, 0.2) is 0 Å². The van der Waals surface area contributed by atoms with Crippen LogP contribution in [0.4, 0.5) is 0 Å². The summed E-state index contributed by atoms with van der Waals surface area (Å²) in [5, 5.41) is 21.6. The molecule has 5 aliphatic rings. The van der Waals surface area contributed by atoms with Gasteiger partial charge >= 0.3 is 5.97 Å². The Hall–Kier alpha value is -1.65. The molecule has 1 aromatic carbocycles. The van der Waals surface area contributed by atoms with Crippen LogP contribution in [0.1, 0.15) is 104 Å². The van der Waals surface area contributed by atoms with Crippen molar-refractivity contribution in [3.05, 3.63) is 48.0 Å². The van der Waals surface area contributed by atoms with Gasteiger partial charge in [-0.05, 0) is 123 Å². The van der Waals surface area contributed by atoms with Crippen LogP contribution in [-0.4, -0.2) is 28.9 Å². The second kappa shape index (κ2) is 9.94. The van der Waals surface area contributed by atoms with E-state index in [2.05, 4.69) is 41.2 Å². The second-order valence-corrected chi connectivity index (χ2v) is 16.1. The molecule has 4 nitrogen and oxygen atoms in total. The van der Waals surface area contributed by atoms with E-state index in [1.807, 2.05) is 30.3 Å². The number of rotatable bonds is 5. The molecule has 5 fully saturated rings. The van der Waals surface area contributed by atoms with Gasteiger partial charge < -0.3 is 14.9 Å². The Labute approximate surface area is 248 Å². The molecule has 41 heavy (non-hydrogen) atoms. The summed E-state index contributed by atoms with van der Waals surface area (Å²) >= 11 is 0.